The first kappa shape index (κ1) is 18.6. The van der Waals surface area contributed by atoms with Crippen LogP contribution in [-0.4, -0.2) is 22.9 Å². The van der Waals surface area contributed by atoms with E-state index in [4.69, 9.17) is 10.00 Å². The quantitative estimate of drug-likeness (QED) is 0.484. The van der Waals surface area contributed by atoms with E-state index < -0.39 is 22.9 Å². The third-order valence-electron chi connectivity index (χ3n) is 3.48. The van der Waals surface area contributed by atoms with E-state index >= 15 is 0 Å². The van der Waals surface area contributed by atoms with Gasteiger partial charge in [0.05, 0.1) is 23.0 Å². The van der Waals surface area contributed by atoms with Crippen molar-refractivity contribution in [1.82, 2.24) is 0 Å². The normalized spacial score (nSPS) is 11.1. The Bertz CT molecular complexity index is 871. The van der Waals surface area contributed by atoms with Gasteiger partial charge in [0.25, 0.3) is 11.6 Å². The van der Waals surface area contributed by atoms with Crippen LogP contribution in [0.1, 0.15) is 18.1 Å². The number of nitro groups is 1. The maximum absolute atomic E-state index is 12.1. The first-order chi connectivity index (χ1) is 12.4. The van der Waals surface area contributed by atoms with Gasteiger partial charge < -0.3 is 10.1 Å². The van der Waals surface area contributed by atoms with Crippen LogP contribution < -0.4 is 5.32 Å². The van der Waals surface area contributed by atoms with Crippen molar-refractivity contribution in [3.63, 3.8) is 0 Å². The number of nitrogens with one attached hydrogen (secondary N) is 1. The Labute approximate surface area is 149 Å². The molecule has 0 heterocycles. The Balaban J connectivity index is 1.95. The number of hydrogen-bond acceptors (Lipinski definition) is 6. The molecule has 132 valence electrons. The lowest BCUT2D eigenvalue weighted by Gasteiger charge is -2.13. The van der Waals surface area contributed by atoms with Gasteiger partial charge in [-0.3, -0.25) is 19.7 Å². The van der Waals surface area contributed by atoms with Gasteiger partial charge in [0.15, 0.2) is 6.10 Å². The van der Waals surface area contributed by atoms with Crippen molar-refractivity contribution in [2.45, 2.75) is 19.4 Å². The van der Waals surface area contributed by atoms with Gasteiger partial charge in [-0.2, -0.15) is 5.26 Å². The number of para-hydroxylation sites is 1. The molecule has 0 aliphatic heterocycles. The maximum Gasteiger partial charge on any atom is 0.311 e. The average Bonchev–Trinajstić information content (AvgIpc) is 2.62. The standard InChI is InChI=1S/C18H15N3O5/c1-12(18(23)20-15-8-6-13(11-19)7-9-15)26-17(22)10-14-4-2-3-5-16(14)21(24)25/h2-9,12H,10H2,1H3,(H,20,23)/t12-/m0/s1. The second-order valence-corrected chi connectivity index (χ2v) is 5.37. The summed E-state index contributed by atoms with van der Waals surface area (Å²) in [4.78, 5) is 34.4. The minimum Gasteiger partial charge on any atom is -0.452 e. The summed E-state index contributed by atoms with van der Waals surface area (Å²) in [6.07, 6.45) is -1.40. The molecule has 0 unspecified atom stereocenters. The number of ether oxygens (including phenoxy) is 1. The van der Waals surface area contributed by atoms with E-state index in [0.717, 1.165) is 0 Å². The van der Waals surface area contributed by atoms with E-state index in [-0.39, 0.29) is 17.7 Å². The van der Waals surface area contributed by atoms with Crippen molar-refractivity contribution >= 4 is 23.3 Å². The molecule has 8 heteroatoms. The van der Waals surface area contributed by atoms with Crippen LogP contribution in [0.3, 0.4) is 0 Å². The van der Waals surface area contributed by atoms with Crippen LogP contribution >= 0.6 is 0 Å². The third-order valence-corrected chi connectivity index (χ3v) is 3.48. The Morgan fingerprint density at radius 1 is 1.23 bits per heavy atom. The summed E-state index contributed by atoms with van der Waals surface area (Å²) < 4.78 is 5.04. The summed E-state index contributed by atoms with van der Waals surface area (Å²) in [5.41, 5.74) is 0.934. The predicted octanol–water partition coefficient (Wildman–Crippen LogP) is 2.58. The molecule has 0 bridgehead atoms. The lowest BCUT2D eigenvalue weighted by Crippen LogP contribution is -2.30. The van der Waals surface area contributed by atoms with Crippen LogP contribution in [0.4, 0.5) is 11.4 Å². The molecule has 0 radical (unpaired) electrons. The van der Waals surface area contributed by atoms with Crippen LogP contribution in [0, 0.1) is 21.4 Å². The summed E-state index contributed by atoms with van der Waals surface area (Å²) in [7, 11) is 0. The zero-order valence-electron chi connectivity index (χ0n) is 13.8. The number of hydrogen-bond donors (Lipinski definition) is 1. The number of benzene rings is 2. The van der Waals surface area contributed by atoms with Crippen LogP contribution in [0.25, 0.3) is 0 Å². The Morgan fingerprint density at radius 2 is 1.88 bits per heavy atom. The molecule has 1 amide bonds. The van der Waals surface area contributed by atoms with E-state index in [1.54, 1.807) is 30.3 Å². The smallest absolute Gasteiger partial charge is 0.311 e. The summed E-state index contributed by atoms with van der Waals surface area (Å²) in [6, 6.07) is 14.0. The van der Waals surface area contributed by atoms with Crippen molar-refractivity contribution < 1.29 is 19.2 Å². The van der Waals surface area contributed by atoms with Gasteiger partial charge in [0.2, 0.25) is 0 Å². The molecule has 1 atom stereocenters. The van der Waals surface area contributed by atoms with Gasteiger partial charge in [0, 0.05) is 17.3 Å². The van der Waals surface area contributed by atoms with Crippen molar-refractivity contribution in [2.75, 3.05) is 5.32 Å². The molecule has 1 N–H and O–H groups in total. The maximum atomic E-state index is 12.1. The van der Waals surface area contributed by atoms with Crippen molar-refractivity contribution in [2.24, 2.45) is 0 Å². The zero-order valence-corrected chi connectivity index (χ0v) is 13.8. The first-order valence-corrected chi connectivity index (χ1v) is 7.63. The summed E-state index contributed by atoms with van der Waals surface area (Å²) in [6.45, 7) is 1.40. The van der Waals surface area contributed by atoms with Crippen LogP contribution in [0.5, 0.6) is 0 Å². The van der Waals surface area contributed by atoms with Crippen molar-refractivity contribution in [1.29, 1.82) is 5.26 Å². The SMILES string of the molecule is C[C@H](OC(=O)Cc1ccccc1[N+](=O)[O-])C(=O)Nc1ccc(C#N)cc1. The highest BCUT2D eigenvalue weighted by molar-refractivity contribution is 5.95. The first-order valence-electron chi connectivity index (χ1n) is 7.63. The number of anilines is 1. The molecule has 8 nitrogen and oxygen atoms in total. The molecule has 0 fully saturated rings. The van der Waals surface area contributed by atoms with Gasteiger partial charge >= 0.3 is 5.97 Å². The average molecular weight is 353 g/mol. The summed E-state index contributed by atoms with van der Waals surface area (Å²) in [5, 5.41) is 22.2. The fourth-order valence-corrected chi connectivity index (χ4v) is 2.16. The molecule has 2 aromatic rings. The molecular weight excluding hydrogens is 338 g/mol. The summed E-state index contributed by atoms with van der Waals surface area (Å²) in [5.74, 6) is -1.30. The second kappa shape index (κ2) is 8.39. The molecule has 2 aromatic carbocycles. The van der Waals surface area contributed by atoms with Crippen LogP contribution in [0.15, 0.2) is 48.5 Å². The fraction of sp³-hybridized carbons (Fsp3) is 0.167. The van der Waals surface area contributed by atoms with Gasteiger partial charge in [-0.25, -0.2) is 0 Å². The molecule has 0 aliphatic rings. The van der Waals surface area contributed by atoms with Crippen LogP contribution in [-0.2, 0) is 20.7 Å². The fourth-order valence-electron chi connectivity index (χ4n) is 2.16. The number of nitriles is 1. The molecule has 0 saturated heterocycles. The molecule has 0 spiro atoms. The van der Waals surface area contributed by atoms with Crippen LogP contribution in [0.2, 0.25) is 0 Å². The van der Waals surface area contributed by atoms with Crippen molar-refractivity contribution in [3.8, 4) is 6.07 Å². The molecule has 0 aromatic heterocycles. The number of carbonyl (C=O) groups is 2. The minimum absolute atomic E-state index is 0.181. The number of rotatable bonds is 6. The molecule has 2 rings (SSSR count). The van der Waals surface area contributed by atoms with Gasteiger partial charge in [-0.1, -0.05) is 18.2 Å². The molecule has 0 aliphatic carbocycles. The van der Waals surface area contributed by atoms with E-state index in [1.165, 1.54) is 25.1 Å². The van der Waals surface area contributed by atoms with E-state index in [0.29, 0.717) is 11.3 Å². The third kappa shape index (κ3) is 4.88. The van der Waals surface area contributed by atoms with Gasteiger partial charge in [-0.05, 0) is 31.2 Å². The topological polar surface area (TPSA) is 122 Å². The Morgan fingerprint density at radius 3 is 2.50 bits per heavy atom. The number of nitrogens with zero attached hydrogens (tertiary/aromatic N) is 2. The monoisotopic (exact) mass is 353 g/mol. The lowest BCUT2D eigenvalue weighted by atomic mass is 10.1. The number of nitro benzene ring substituents is 1. The van der Waals surface area contributed by atoms with E-state index in [1.807, 2.05) is 6.07 Å². The van der Waals surface area contributed by atoms with Gasteiger partial charge in [-0.15, -0.1) is 0 Å². The second-order valence-electron chi connectivity index (χ2n) is 5.37. The van der Waals surface area contributed by atoms with Crippen molar-refractivity contribution in [3.05, 3.63) is 69.8 Å². The Hall–Kier alpha value is -3.73. The number of amides is 1. The van der Waals surface area contributed by atoms with E-state index in [9.17, 15) is 19.7 Å². The minimum atomic E-state index is -1.08. The zero-order chi connectivity index (χ0) is 19.1. The Kier molecular flexibility index (Phi) is 6.01. The lowest BCUT2D eigenvalue weighted by molar-refractivity contribution is -0.385. The highest BCUT2D eigenvalue weighted by Crippen LogP contribution is 2.18. The number of esters is 1. The number of carbonyl (C=O) groups excluding carboxylic acids is 2. The van der Waals surface area contributed by atoms with Gasteiger partial charge in [0.1, 0.15) is 0 Å². The highest BCUT2D eigenvalue weighted by atomic mass is 16.6. The molecule has 26 heavy (non-hydrogen) atoms. The van der Waals surface area contributed by atoms with E-state index in [2.05, 4.69) is 5.32 Å². The largest absolute Gasteiger partial charge is 0.452 e. The molecular formula is C18H15N3O5. The molecule has 0 saturated carbocycles. The predicted molar refractivity (Wildman–Crippen MR) is 92.1 cm³/mol. The summed E-state index contributed by atoms with van der Waals surface area (Å²) >= 11 is 0. The highest BCUT2D eigenvalue weighted by Gasteiger charge is 2.21.